The van der Waals surface area contributed by atoms with Crippen molar-refractivity contribution in [1.82, 2.24) is 15.0 Å². The number of fused-ring (bicyclic) bond motifs is 1. The van der Waals surface area contributed by atoms with E-state index in [0.29, 0.717) is 10.8 Å². The molecule has 0 saturated heterocycles. The second kappa shape index (κ2) is 5.41. The smallest absolute Gasteiger partial charge is 0.0864 e. The molecule has 0 bridgehead atoms. The Morgan fingerprint density at radius 1 is 1.06 bits per heavy atom. The van der Waals surface area contributed by atoms with Crippen molar-refractivity contribution < 1.29 is 0 Å². The standard InChI is InChI=1S/C13H23N3.C2H6/c1-12(2)7-6-11-10(14-15-16(11)5)8-13(3,4)9-12;1-2/h6-9H2,1-5H3;1-2H3. The number of aryl methyl sites for hydroxylation is 1. The van der Waals surface area contributed by atoms with Gasteiger partial charge in [0.15, 0.2) is 0 Å². The number of hydrogen-bond acceptors (Lipinski definition) is 2. The molecule has 0 spiro atoms. The Hall–Kier alpha value is -0.860. The summed E-state index contributed by atoms with van der Waals surface area (Å²) in [5.41, 5.74) is 3.30. The van der Waals surface area contributed by atoms with Crippen LogP contribution in [0.3, 0.4) is 0 Å². The maximum Gasteiger partial charge on any atom is 0.0864 e. The molecule has 18 heavy (non-hydrogen) atoms. The van der Waals surface area contributed by atoms with E-state index in [0.717, 1.165) is 12.8 Å². The zero-order valence-corrected chi connectivity index (χ0v) is 13.2. The van der Waals surface area contributed by atoms with E-state index in [4.69, 9.17) is 0 Å². The fraction of sp³-hybridized carbons (Fsp3) is 0.867. The van der Waals surface area contributed by atoms with E-state index in [1.807, 2.05) is 25.6 Å². The first-order chi connectivity index (χ1) is 8.29. The summed E-state index contributed by atoms with van der Waals surface area (Å²) in [5.74, 6) is 0. The van der Waals surface area contributed by atoms with E-state index in [9.17, 15) is 0 Å². The van der Waals surface area contributed by atoms with E-state index in [1.165, 1.54) is 24.2 Å². The van der Waals surface area contributed by atoms with Crippen LogP contribution in [0.2, 0.25) is 0 Å². The van der Waals surface area contributed by atoms with Gasteiger partial charge < -0.3 is 0 Å². The summed E-state index contributed by atoms with van der Waals surface area (Å²) in [5, 5.41) is 8.48. The molecule has 0 unspecified atom stereocenters. The van der Waals surface area contributed by atoms with Crippen LogP contribution in [0.1, 0.15) is 65.8 Å². The minimum atomic E-state index is 0.328. The quantitative estimate of drug-likeness (QED) is 0.702. The lowest BCUT2D eigenvalue weighted by Gasteiger charge is -2.36. The molecule has 0 aromatic carbocycles. The lowest BCUT2D eigenvalue weighted by atomic mass is 9.69. The zero-order valence-electron chi connectivity index (χ0n) is 13.2. The van der Waals surface area contributed by atoms with E-state index >= 15 is 0 Å². The molecule has 1 aromatic rings. The van der Waals surface area contributed by atoms with Gasteiger partial charge in [0.1, 0.15) is 0 Å². The Balaban J connectivity index is 0.000000771. The average molecular weight is 251 g/mol. The van der Waals surface area contributed by atoms with Crippen molar-refractivity contribution in [2.45, 2.75) is 67.2 Å². The molecule has 0 saturated carbocycles. The van der Waals surface area contributed by atoms with Crippen molar-refractivity contribution in [1.29, 1.82) is 0 Å². The second-order valence-electron chi connectivity index (χ2n) is 6.79. The predicted octanol–water partition coefficient (Wildman–Crippen LogP) is 3.77. The van der Waals surface area contributed by atoms with Crippen LogP contribution in [0.25, 0.3) is 0 Å². The Bertz CT molecular complexity index is 388. The Morgan fingerprint density at radius 2 is 1.67 bits per heavy atom. The fourth-order valence-electron chi connectivity index (χ4n) is 3.22. The summed E-state index contributed by atoms with van der Waals surface area (Å²) < 4.78 is 1.95. The van der Waals surface area contributed by atoms with Crippen molar-refractivity contribution in [3.8, 4) is 0 Å². The topological polar surface area (TPSA) is 30.7 Å². The maximum atomic E-state index is 4.31. The largest absolute Gasteiger partial charge is 0.252 e. The molecule has 3 nitrogen and oxygen atoms in total. The van der Waals surface area contributed by atoms with Crippen LogP contribution in [0, 0.1) is 10.8 Å². The molecule has 0 radical (unpaired) electrons. The molecule has 0 N–H and O–H groups in total. The molecule has 1 heterocycles. The highest BCUT2D eigenvalue weighted by molar-refractivity contribution is 5.14. The summed E-state index contributed by atoms with van der Waals surface area (Å²) >= 11 is 0. The van der Waals surface area contributed by atoms with Gasteiger partial charge >= 0.3 is 0 Å². The van der Waals surface area contributed by atoms with Crippen LogP contribution in [0.4, 0.5) is 0 Å². The third kappa shape index (κ3) is 3.56. The summed E-state index contributed by atoms with van der Waals surface area (Å²) in [6, 6.07) is 0. The first-order valence-corrected chi connectivity index (χ1v) is 7.17. The first-order valence-electron chi connectivity index (χ1n) is 7.17. The second-order valence-corrected chi connectivity index (χ2v) is 6.79. The summed E-state index contributed by atoms with van der Waals surface area (Å²) in [7, 11) is 2.01. The van der Waals surface area contributed by atoms with Gasteiger partial charge in [-0.2, -0.15) is 0 Å². The molecule has 1 aliphatic rings. The van der Waals surface area contributed by atoms with E-state index in [-0.39, 0.29) is 0 Å². The van der Waals surface area contributed by atoms with E-state index in [1.54, 1.807) is 0 Å². The molecule has 1 aliphatic carbocycles. The third-order valence-corrected chi connectivity index (χ3v) is 3.67. The molecule has 2 rings (SSSR count). The number of aromatic nitrogens is 3. The highest BCUT2D eigenvalue weighted by Crippen LogP contribution is 2.41. The minimum Gasteiger partial charge on any atom is -0.252 e. The summed E-state index contributed by atoms with van der Waals surface area (Å²) in [4.78, 5) is 0. The van der Waals surface area contributed by atoms with Gasteiger partial charge in [0, 0.05) is 7.05 Å². The summed E-state index contributed by atoms with van der Waals surface area (Å²) in [6.45, 7) is 13.4. The summed E-state index contributed by atoms with van der Waals surface area (Å²) in [6.07, 6.45) is 4.65. The van der Waals surface area contributed by atoms with Gasteiger partial charge in [0.05, 0.1) is 11.4 Å². The van der Waals surface area contributed by atoms with Crippen LogP contribution in [0.5, 0.6) is 0 Å². The van der Waals surface area contributed by atoms with Gasteiger partial charge in [-0.25, -0.2) is 0 Å². The monoisotopic (exact) mass is 251 g/mol. The van der Waals surface area contributed by atoms with Crippen LogP contribution in [0.15, 0.2) is 0 Å². The lowest BCUT2D eigenvalue weighted by Crippen LogP contribution is -2.28. The van der Waals surface area contributed by atoms with Gasteiger partial charge in [-0.15, -0.1) is 5.10 Å². The zero-order chi connectivity index (χ0) is 14.0. The highest BCUT2D eigenvalue weighted by atomic mass is 15.4. The molecule has 104 valence electrons. The van der Waals surface area contributed by atoms with Crippen molar-refractivity contribution in [3.05, 3.63) is 11.4 Å². The minimum absolute atomic E-state index is 0.328. The highest BCUT2D eigenvalue weighted by Gasteiger charge is 2.33. The average Bonchev–Trinajstić information content (AvgIpc) is 2.56. The predicted molar refractivity (Wildman–Crippen MR) is 76.6 cm³/mol. The Labute approximate surface area is 112 Å². The van der Waals surface area contributed by atoms with Gasteiger partial charge in [-0.05, 0) is 36.5 Å². The normalized spacial score (nSPS) is 21.1. The van der Waals surface area contributed by atoms with Crippen LogP contribution in [-0.2, 0) is 19.9 Å². The molecule has 0 fully saturated rings. The maximum absolute atomic E-state index is 4.31. The lowest BCUT2D eigenvalue weighted by molar-refractivity contribution is 0.173. The SMILES string of the molecule is CC.Cn1nnc2c1CCC(C)(C)CC(C)(C)C2. The van der Waals surface area contributed by atoms with Crippen molar-refractivity contribution >= 4 is 0 Å². The first kappa shape index (κ1) is 15.2. The van der Waals surface area contributed by atoms with Crippen molar-refractivity contribution in [2.75, 3.05) is 0 Å². The molecule has 3 heteroatoms. The number of nitrogens with zero attached hydrogens (tertiary/aromatic N) is 3. The van der Waals surface area contributed by atoms with Crippen LogP contribution in [-0.4, -0.2) is 15.0 Å². The van der Waals surface area contributed by atoms with E-state index < -0.39 is 0 Å². The molecular formula is C15H29N3. The van der Waals surface area contributed by atoms with Crippen molar-refractivity contribution in [2.24, 2.45) is 17.9 Å². The molecule has 1 aromatic heterocycles. The molecular weight excluding hydrogens is 222 g/mol. The van der Waals surface area contributed by atoms with Gasteiger partial charge in [-0.3, -0.25) is 4.68 Å². The van der Waals surface area contributed by atoms with Gasteiger partial charge in [0.2, 0.25) is 0 Å². The van der Waals surface area contributed by atoms with E-state index in [2.05, 4.69) is 38.0 Å². The van der Waals surface area contributed by atoms with Gasteiger partial charge in [-0.1, -0.05) is 46.8 Å². The molecule has 0 aliphatic heterocycles. The van der Waals surface area contributed by atoms with Gasteiger partial charge in [0.25, 0.3) is 0 Å². The fourth-order valence-corrected chi connectivity index (χ4v) is 3.22. The molecule has 0 amide bonds. The van der Waals surface area contributed by atoms with Crippen LogP contribution >= 0.6 is 0 Å². The van der Waals surface area contributed by atoms with Crippen molar-refractivity contribution in [3.63, 3.8) is 0 Å². The van der Waals surface area contributed by atoms with Crippen LogP contribution < -0.4 is 0 Å². The molecule has 0 atom stereocenters. The number of hydrogen-bond donors (Lipinski definition) is 0. The Morgan fingerprint density at radius 3 is 2.28 bits per heavy atom. The Kier molecular flexibility index (Phi) is 4.57. The third-order valence-electron chi connectivity index (χ3n) is 3.67. The number of rotatable bonds is 0.